The smallest absolute Gasteiger partial charge is 0.222 e. The van der Waals surface area contributed by atoms with E-state index in [0.29, 0.717) is 23.9 Å². The fourth-order valence-electron chi connectivity index (χ4n) is 2.04. The number of carbonyl (C=O) groups excluding carboxylic acids is 1. The Hall–Kier alpha value is -1.75. The third-order valence-electron chi connectivity index (χ3n) is 2.82. The lowest BCUT2D eigenvalue weighted by atomic mass is 10.1. The van der Waals surface area contributed by atoms with Gasteiger partial charge >= 0.3 is 0 Å². The number of aromatic nitrogens is 2. The molecule has 0 fully saturated rings. The molecule has 1 aromatic carbocycles. The monoisotopic (exact) mass is 294 g/mol. The third kappa shape index (κ3) is 3.42. The molecule has 0 saturated carbocycles. The number of nitrogen functional groups attached to an aromatic ring is 1. The molecule has 2 aromatic rings. The van der Waals surface area contributed by atoms with Gasteiger partial charge in [-0.25, -0.2) is 4.98 Å². The number of carbonyl (C=O) groups is 1. The van der Waals surface area contributed by atoms with Crippen LogP contribution in [0.3, 0.4) is 0 Å². The molecule has 0 saturated heterocycles. The first-order valence-electron chi connectivity index (χ1n) is 6.48. The molecule has 6 heteroatoms. The number of benzene rings is 1. The summed E-state index contributed by atoms with van der Waals surface area (Å²) in [5.74, 6) is 0.381. The second-order valence-corrected chi connectivity index (χ2v) is 6.24. The Labute approximate surface area is 123 Å². The Morgan fingerprint density at radius 1 is 1.45 bits per heavy atom. The fourth-order valence-corrected chi connectivity index (χ4v) is 2.21. The molecule has 0 aliphatic heterocycles. The van der Waals surface area contributed by atoms with Crippen molar-refractivity contribution in [3.8, 4) is 0 Å². The summed E-state index contributed by atoms with van der Waals surface area (Å²) in [4.78, 5) is 16.1. The Morgan fingerprint density at radius 3 is 2.80 bits per heavy atom. The number of nitrogens with two attached hydrogens (primary N) is 1. The van der Waals surface area contributed by atoms with Gasteiger partial charge in [0.25, 0.3) is 0 Å². The van der Waals surface area contributed by atoms with E-state index in [0.717, 1.165) is 11.0 Å². The van der Waals surface area contributed by atoms with Crippen LogP contribution in [0.5, 0.6) is 0 Å². The summed E-state index contributed by atoms with van der Waals surface area (Å²) >= 11 is 5.99. The number of hydrogen-bond acceptors (Lipinski definition) is 3. The molecule has 5 nitrogen and oxygen atoms in total. The number of imidazole rings is 1. The molecule has 0 bridgehead atoms. The lowest BCUT2D eigenvalue weighted by Crippen LogP contribution is -2.40. The number of fused-ring (bicyclic) bond motifs is 1. The highest BCUT2D eigenvalue weighted by molar-refractivity contribution is 6.31. The topological polar surface area (TPSA) is 72.9 Å². The molecule has 0 aliphatic carbocycles. The van der Waals surface area contributed by atoms with Gasteiger partial charge in [-0.05, 0) is 39.0 Å². The normalized spacial score (nSPS) is 11.8. The standard InChI is InChI=1S/C14H19ClN4O/c1-14(2,3)18-12(20)6-7-19-11-8-9(15)4-5-10(11)17-13(19)16/h4-5,8H,6-7H2,1-3H3,(H2,16,17)(H,18,20). The zero-order chi connectivity index (χ0) is 14.9. The van der Waals surface area contributed by atoms with Gasteiger partial charge in [0.15, 0.2) is 0 Å². The van der Waals surface area contributed by atoms with Crippen LogP contribution in [0.4, 0.5) is 5.95 Å². The lowest BCUT2D eigenvalue weighted by molar-refractivity contribution is -0.122. The van der Waals surface area contributed by atoms with Crippen LogP contribution < -0.4 is 11.1 Å². The van der Waals surface area contributed by atoms with Crippen LogP contribution in [-0.4, -0.2) is 21.0 Å². The fraction of sp³-hybridized carbons (Fsp3) is 0.429. The van der Waals surface area contributed by atoms with Crippen molar-refractivity contribution in [2.75, 3.05) is 5.73 Å². The maximum Gasteiger partial charge on any atom is 0.222 e. The molecule has 2 rings (SSSR count). The summed E-state index contributed by atoms with van der Waals surface area (Å²) in [5.41, 5.74) is 7.29. The van der Waals surface area contributed by atoms with Crippen molar-refractivity contribution in [2.24, 2.45) is 0 Å². The number of halogens is 1. The summed E-state index contributed by atoms with van der Waals surface area (Å²) in [6.07, 6.45) is 0.347. The largest absolute Gasteiger partial charge is 0.369 e. The van der Waals surface area contributed by atoms with E-state index in [4.69, 9.17) is 17.3 Å². The van der Waals surface area contributed by atoms with Crippen molar-refractivity contribution >= 4 is 34.5 Å². The number of anilines is 1. The molecule has 0 aliphatic rings. The van der Waals surface area contributed by atoms with E-state index in [1.54, 1.807) is 6.07 Å². The number of nitrogens with one attached hydrogen (secondary N) is 1. The van der Waals surface area contributed by atoms with Crippen LogP contribution in [0.2, 0.25) is 5.02 Å². The zero-order valence-corrected chi connectivity index (χ0v) is 12.7. The first kappa shape index (κ1) is 14.7. The van der Waals surface area contributed by atoms with Crippen molar-refractivity contribution < 1.29 is 4.79 Å². The molecule has 20 heavy (non-hydrogen) atoms. The first-order valence-corrected chi connectivity index (χ1v) is 6.86. The Kier molecular flexibility index (Phi) is 3.90. The van der Waals surface area contributed by atoms with Crippen LogP contribution in [0, 0.1) is 0 Å². The second kappa shape index (κ2) is 5.32. The van der Waals surface area contributed by atoms with Crippen LogP contribution in [0.15, 0.2) is 18.2 Å². The number of hydrogen-bond donors (Lipinski definition) is 2. The first-order chi connectivity index (χ1) is 9.26. The lowest BCUT2D eigenvalue weighted by Gasteiger charge is -2.20. The highest BCUT2D eigenvalue weighted by Gasteiger charge is 2.15. The van der Waals surface area contributed by atoms with E-state index in [-0.39, 0.29) is 11.4 Å². The predicted molar refractivity (Wildman–Crippen MR) is 81.7 cm³/mol. The van der Waals surface area contributed by atoms with Gasteiger partial charge in [-0.1, -0.05) is 11.6 Å². The quantitative estimate of drug-likeness (QED) is 0.914. The number of nitrogens with zero attached hydrogens (tertiary/aromatic N) is 2. The summed E-state index contributed by atoms with van der Waals surface area (Å²) in [7, 11) is 0. The average Bonchev–Trinajstić information content (AvgIpc) is 2.59. The summed E-state index contributed by atoms with van der Waals surface area (Å²) in [6.45, 7) is 6.33. The van der Waals surface area contributed by atoms with Gasteiger partial charge in [0.05, 0.1) is 11.0 Å². The van der Waals surface area contributed by atoms with Crippen LogP contribution in [0.1, 0.15) is 27.2 Å². The maximum atomic E-state index is 11.9. The Balaban J connectivity index is 2.16. The molecule has 1 aromatic heterocycles. The van der Waals surface area contributed by atoms with E-state index < -0.39 is 0 Å². The zero-order valence-electron chi connectivity index (χ0n) is 11.9. The molecular weight excluding hydrogens is 276 g/mol. The van der Waals surface area contributed by atoms with Crippen molar-refractivity contribution in [1.29, 1.82) is 0 Å². The minimum atomic E-state index is -0.233. The highest BCUT2D eigenvalue weighted by Crippen LogP contribution is 2.22. The van der Waals surface area contributed by atoms with Crippen molar-refractivity contribution in [3.05, 3.63) is 23.2 Å². The molecule has 0 atom stereocenters. The van der Waals surface area contributed by atoms with Gasteiger partial charge in [0.2, 0.25) is 11.9 Å². The van der Waals surface area contributed by atoms with Gasteiger partial charge in [-0.15, -0.1) is 0 Å². The molecule has 108 valence electrons. The van der Waals surface area contributed by atoms with Crippen LogP contribution in [0.25, 0.3) is 11.0 Å². The summed E-state index contributed by atoms with van der Waals surface area (Å²) in [5, 5.41) is 3.54. The summed E-state index contributed by atoms with van der Waals surface area (Å²) < 4.78 is 1.81. The number of amides is 1. The third-order valence-corrected chi connectivity index (χ3v) is 3.05. The van der Waals surface area contributed by atoms with E-state index in [2.05, 4.69) is 10.3 Å². The van der Waals surface area contributed by atoms with Gasteiger partial charge < -0.3 is 15.6 Å². The minimum Gasteiger partial charge on any atom is -0.369 e. The van der Waals surface area contributed by atoms with E-state index in [1.165, 1.54) is 0 Å². The number of rotatable bonds is 3. The molecule has 0 spiro atoms. The average molecular weight is 295 g/mol. The van der Waals surface area contributed by atoms with Crippen LogP contribution in [-0.2, 0) is 11.3 Å². The molecule has 0 radical (unpaired) electrons. The Bertz CT molecular complexity index is 642. The SMILES string of the molecule is CC(C)(C)NC(=O)CCn1c(N)nc2ccc(Cl)cc21. The maximum absolute atomic E-state index is 11.9. The van der Waals surface area contributed by atoms with Gasteiger partial charge in [0, 0.05) is 23.5 Å². The van der Waals surface area contributed by atoms with E-state index in [9.17, 15) is 4.79 Å². The van der Waals surface area contributed by atoms with Gasteiger partial charge in [-0.3, -0.25) is 4.79 Å². The highest BCUT2D eigenvalue weighted by atomic mass is 35.5. The van der Waals surface area contributed by atoms with Gasteiger partial charge in [0.1, 0.15) is 0 Å². The molecule has 1 heterocycles. The van der Waals surface area contributed by atoms with Gasteiger partial charge in [-0.2, -0.15) is 0 Å². The molecule has 1 amide bonds. The molecule has 3 N–H and O–H groups in total. The van der Waals surface area contributed by atoms with Crippen LogP contribution >= 0.6 is 11.6 Å². The predicted octanol–water partition coefficient (Wildman–Crippen LogP) is 2.58. The molecular formula is C14H19ClN4O. The minimum absolute atomic E-state index is 0.0132. The Morgan fingerprint density at radius 2 is 2.15 bits per heavy atom. The second-order valence-electron chi connectivity index (χ2n) is 5.80. The number of aryl methyl sites for hydroxylation is 1. The van der Waals surface area contributed by atoms with E-state index >= 15 is 0 Å². The van der Waals surface area contributed by atoms with Crippen molar-refractivity contribution in [3.63, 3.8) is 0 Å². The van der Waals surface area contributed by atoms with E-state index in [1.807, 2.05) is 37.5 Å². The molecule has 0 unspecified atom stereocenters. The van der Waals surface area contributed by atoms with Crippen molar-refractivity contribution in [2.45, 2.75) is 39.3 Å². The van der Waals surface area contributed by atoms with Crippen molar-refractivity contribution in [1.82, 2.24) is 14.9 Å². The summed E-state index contributed by atoms with van der Waals surface area (Å²) in [6, 6.07) is 5.40.